The fourth-order valence-electron chi connectivity index (χ4n) is 1.47. The van der Waals surface area contributed by atoms with Crippen molar-refractivity contribution in [3.05, 3.63) is 30.5 Å². The molecular weight excluding hydrogens is 164 g/mol. The molecule has 13 heavy (non-hydrogen) atoms. The molecule has 0 bridgehead atoms. The van der Waals surface area contributed by atoms with E-state index in [1.54, 1.807) is 7.11 Å². The summed E-state index contributed by atoms with van der Waals surface area (Å²) in [5, 5.41) is 1.15. The van der Waals surface area contributed by atoms with Crippen LogP contribution in [0.2, 0.25) is 0 Å². The number of rotatable bonds is 2. The first kappa shape index (κ1) is 8.13. The topological polar surface area (TPSA) is 40.2 Å². The Morgan fingerprint density at radius 1 is 1.38 bits per heavy atom. The molecule has 1 heterocycles. The highest BCUT2D eigenvalue weighted by Crippen LogP contribution is 2.18. The van der Waals surface area contributed by atoms with E-state index in [1.807, 2.05) is 35.0 Å². The second kappa shape index (κ2) is 3.11. The minimum atomic E-state index is 0.577. The van der Waals surface area contributed by atoms with Gasteiger partial charge in [0.15, 0.2) is 0 Å². The summed E-state index contributed by atoms with van der Waals surface area (Å²) in [4.78, 5) is 0. The molecule has 0 unspecified atom stereocenters. The highest BCUT2D eigenvalue weighted by molar-refractivity contribution is 5.83. The van der Waals surface area contributed by atoms with Crippen molar-refractivity contribution in [3.8, 4) is 0 Å². The number of nitrogens with zero attached hydrogens (tertiary/aromatic N) is 1. The maximum Gasteiger partial charge on any atom is 0.122 e. The van der Waals surface area contributed by atoms with Gasteiger partial charge in [0.25, 0.3) is 0 Å². The van der Waals surface area contributed by atoms with Crippen LogP contribution in [-0.4, -0.2) is 11.7 Å². The molecule has 3 heteroatoms. The molecule has 2 rings (SSSR count). The van der Waals surface area contributed by atoms with Crippen LogP contribution in [0.4, 0.5) is 5.69 Å². The predicted molar refractivity (Wildman–Crippen MR) is 53.4 cm³/mol. The molecule has 0 aliphatic rings. The first-order chi connectivity index (χ1) is 6.31. The van der Waals surface area contributed by atoms with Crippen LogP contribution < -0.4 is 5.73 Å². The van der Waals surface area contributed by atoms with Crippen LogP contribution in [0.25, 0.3) is 10.9 Å². The fourth-order valence-corrected chi connectivity index (χ4v) is 1.47. The predicted octanol–water partition coefficient (Wildman–Crippen LogP) is 1.83. The van der Waals surface area contributed by atoms with Crippen LogP contribution in [0.1, 0.15) is 0 Å². The fraction of sp³-hybridized carbons (Fsp3) is 0.200. The van der Waals surface area contributed by atoms with Crippen LogP contribution >= 0.6 is 0 Å². The van der Waals surface area contributed by atoms with E-state index in [0.717, 1.165) is 16.6 Å². The van der Waals surface area contributed by atoms with E-state index >= 15 is 0 Å². The van der Waals surface area contributed by atoms with Crippen molar-refractivity contribution in [2.75, 3.05) is 12.8 Å². The van der Waals surface area contributed by atoms with Crippen molar-refractivity contribution in [1.29, 1.82) is 0 Å². The number of benzene rings is 1. The molecule has 0 radical (unpaired) electrons. The van der Waals surface area contributed by atoms with Gasteiger partial charge in [-0.25, -0.2) is 0 Å². The molecule has 0 atom stereocenters. The average molecular weight is 176 g/mol. The van der Waals surface area contributed by atoms with Gasteiger partial charge in [-0.1, -0.05) is 0 Å². The van der Waals surface area contributed by atoms with E-state index in [2.05, 4.69) is 0 Å². The number of methoxy groups -OCH3 is 1. The number of hydrogen-bond donors (Lipinski definition) is 1. The summed E-state index contributed by atoms with van der Waals surface area (Å²) in [7, 11) is 1.68. The largest absolute Gasteiger partial charge is 0.399 e. The Hall–Kier alpha value is -1.48. The molecule has 1 aromatic heterocycles. The molecule has 0 spiro atoms. The lowest BCUT2D eigenvalue weighted by Crippen LogP contribution is -1.97. The standard InChI is InChI=1S/C10H12N2O/c1-13-7-12-5-4-8-6-9(11)2-3-10(8)12/h2-6H,7,11H2,1H3. The van der Waals surface area contributed by atoms with Gasteiger partial charge in [0.05, 0.1) is 5.52 Å². The Labute approximate surface area is 76.7 Å². The highest BCUT2D eigenvalue weighted by Gasteiger charge is 1.99. The third kappa shape index (κ3) is 1.38. The van der Waals surface area contributed by atoms with Gasteiger partial charge in [0, 0.05) is 24.4 Å². The van der Waals surface area contributed by atoms with Gasteiger partial charge in [-0.15, -0.1) is 0 Å². The van der Waals surface area contributed by atoms with Crippen molar-refractivity contribution >= 4 is 16.6 Å². The van der Waals surface area contributed by atoms with Crippen LogP contribution in [0.5, 0.6) is 0 Å². The number of nitrogens with two attached hydrogens (primary N) is 1. The van der Waals surface area contributed by atoms with E-state index in [-0.39, 0.29) is 0 Å². The summed E-state index contributed by atoms with van der Waals surface area (Å²) in [6, 6.07) is 7.89. The lowest BCUT2D eigenvalue weighted by molar-refractivity contribution is 0.135. The Kier molecular flexibility index (Phi) is 1.94. The summed E-state index contributed by atoms with van der Waals surface area (Å²) in [5.41, 5.74) is 7.61. The van der Waals surface area contributed by atoms with Gasteiger partial charge >= 0.3 is 0 Å². The second-order valence-corrected chi connectivity index (χ2v) is 3.02. The first-order valence-electron chi connectivity index (χ1n) is 4.14. The summed E-state index contributed by atoms with van der Waals surface area (Å²) < 4.78 is 7.09. The van der Waals surface area contributed by atoms with Gasteiger partial charge in [0.2, 0.25) is 0 Å². The molecule has 0 saturated carbocycles. The summed E-state index contributed by atoms with van der Waals surface area (Å²) in [6.45, 7) is 0.577. The number of fused-ring (bicyclic) bond motifs is 1. The maximum atomic E-state index is 5.67. The second-order valence-electron chi connectivity index (χ2n) is 3.02. The average Bonchev–Trinajstić information content (AvgIpc) is 2.49. The SMILES string of the molecule is COCn1ccc2cc(N)ccc21. The van der Waals surface area contributed by atoms with Crippen LogP contribution in [0.3, 0.4) is 0 Å². The third-order valence-corrected chi connectivity index (χ3v) is 2.06. The molecule has 3 nitrogen and oxygen atoms in total. The molecule has 1 aromatic carbocycles. The molecular formula is C10H12N2O. The molecule has 2 N–H and O–H groups in total. The normalized spacial score (nSPS) is 10.8. The molecule has 0 amide bonds. The van der Waals surface area contributed by atoms with Gasteiger partial charge in [-0.2, -0.15) is 0 Å². The number of aromatic nitrogens is 1. The lowest BCUT2D eigenvalue weighted by Gasteiger charge is -2.02. The van der Waals surface area contributed by atoms with Crippen molar-refractivity contribution in [2.24, 2.45) is 0 Å². The molecule has 0 aliphatic carbocycles. The molecule has 0 saturated heterocycles. The zero-order valence-corrected chi connectivity index (χ0v) is 7.53. The lowest BCUT2D eigenvalue weighted by atomic mass is 10.2. The van der Waals surface area contributed by atoms with Crippen molar-refractivity contribution < 1.29 is 4.74 Å². The van der Waals surface area contributed by atoms with E-state index in [9.17, 15) is 0 Å². The third-order valence-electron chi connectivity index (χ3n) is 2.06. The van der Waals surface area contributed by atoms with Crippen LogP contribution in [-0.2, 0) is 11.5 Å². The number of nitrogen functional groups attached to an aromatic ring is 1. The van der Waals surface area contributed by atoms with Crippen LogP contribution in [0, 0.1) is 0 Å². The van der Waals surface area contributed by atoms with E-state index < -0.39 is 0 Å². The Morgan fingerprint density at radius 2 is 2.23 bits per heavy atom. The Morgan fingerprint density at radius 3 is 3.00 bits per heavy atom. The number of anilines is 1. The maximum absolute atomic E-state index is 5.67. The molecule has 0 fully saturated rings. The molecule has 2 aromatic rings. The van der Waals surface area contributed by atoms with Gasteiger partial charge < -0.3 is 15.0 Å². The minimum Gasteiger partial charge on any atom is -0.399 e. The van der Waals surface area contributed by atoms with Gasteiger partial charge in [-0.05, 0) is 24.3 Å². The number of hydrogen-bond acceptors (Lipinski definition) is 2. The quantitative estimate of drug-likeness (QED) is 0.709. The summed E-state index contributed by atoms with van der Waals surface area (Å²) in [5.74, 6) is 0. The zero-order valence-electron chi connectivity index (χ0n) is 7.53. The number of ether oxygens (including phenoxy) is 1. The van der Waals surface area contributed by atoms with Crippen LogP contribution in [0.15, 0.2) is 30.5 Å². The van der Waals surface area contributed by atoms with Gasteiger partial charge in [-0.3, -0.25) is 0 Å². The van der Waals surface area contributed by atoms with Crippen molar-refractivity contribution in [3.63, 3.8) is 0 Å². The van der Waals surface area contributed by atoms with Crippen molar-refractivity contribution in [2.45, 2.75) is 6.73 Å². The first-order valence-corrected chi connectivity index (χ1v) is 4.14. The monoisotopic (exact) mass is 176 g/mol. The Bertz CT molecular complexity index is 420. The summed E-state index contributed by atoms with van der Waals surface area (Å²) in [6.07, 6.45) is 1.99. The van der Waals surface area contributed by atoms with E-state index in [1.165, 1.54) is 0 Å². The van der Waals surface area contributed by atoms with Crippen molar-refractivity contribution in [1.82, 2.24) is 4.57 Å². The van der Waals surface area contributed by atoms with E-state index in [4.69, 9.17) is 10.5 Å². The molecule has 0 aliphatic heterocycles. The van der Waals surface area contributed by atoms with E-state index in [0.29, 0.717) is 6.73 Å². The van der Waals surface area contributed by atoms with Gasteiger partial charge in [0.1, 0.15) is 6.73 Å². The minimum absolute atomic E-state index is 0.577. The highest BCUT2D eigenvalue weighted by atomic mass is 16.5. The molecule has 68 valence electrons. The summed E-state index contributed by atoms with van der Waals surface area (Å²) >= 11 is 0. The Balaban J connectivity index is 2.55. The smallest absolute Gasteiger partial charge is 0.122 e. The zero-order chi connectivity index (χ0) is 9.26.